The van der Waals surface area contributed by atoms with Gasteiger partial charge in [0.15, 0.2) is 0 Å². The van der Waals surface area contributed by atoms with Crippen molar-refractivity contribution in [2.24, 2.45) is 11.1 Å². The second kappa shape index (κ2) is 10.2. The molecule has 4 atom stereocenters. The molecular formula is C27H34Cl3FN2O2. The Morgan fingerprint density at radius 2 is 1.77 bits per heavy atom. The minimum Gasteiger partial charge on any atom is -0.459 e. The molecule has 1 fully saturated rings. The third kappa shape index (κ3) is 5.80. The molecule has 1 saturated heterocycles. The molecule has 1 aliphatic rings. The molecule has 0 bridgehead atoms. The van der Waals surface area contributed by atoms with Gasteiger partial charge in [-0.05, 0) is 61.9 Å². The van der Waals surface area contributed by atoms with Crippen LogP contribution in [0.25, 0.3) is 0 Å². The molecule has 0 unspecified atom stereocenters. The number of carbonyl (C=O) groups excluding carboxylic acids is 1. The third-order valence-corrected chi connectivity index (χ3v) is 7.52. The van der Waals surface area contributed by atoms with Crippen molar-refractivity contribution in [2.45, 2.75) is 77.0 Å². The van der Waals surface area contributed by atoms with Crippen LogP contribution in [0.1, 0.15) is 65.0 Å². The fourth-order valence-corrected chi connectivity index (χ4v) is 5.80. The van der Waals surface area contributed by atoms with Gasteiger partial charge in [-0.25, -0.2) is 4.39 Å². The Morgan fingerprint density at radius 1 is 1.11 bits per heavy atom. The predicted octanol–water partition coefficient (Wildman–Crippen LogP) is 6.88. The van der Waals surface area contributed by atoms with Crippen molar-refractivity contribution in [3.63, 3.8) is 0 Å². The minimum atomic E-state index is -1.04. The van der Waals surface area contributed by atoms with E-state index in [9.17, 15) is 4.79 Å². The zero-order chi connectivity index (χ0) is 26.3. The number of ether oxygens (including phenoxy) is 1. The van der Waals surface area contributed by atoms with Crippen LogP contribution in [0.15, 0.2) is 36.4 Å². The Labute approximate surface area is 222 Å². The maximum absolute atomic E-state index is 15.7. The van der Waals surface area contributed by atoms with E-state index in [0.29, 0.717) is 27.6 Å². The van der Waals surface area contributed by atoms with Crippen molar-refractivity contribution in [1.82, 2.24) is 5.32 Å². The Hall–Kier alpha value is -1.37. The lowest BCUT2D eigenvalue weighted by atomic mass is 9.62. The molecule has 1 aliphatic heterocycles. The number of hydrogen-bond donors (Lipinski definition) is 2. The molecule has 1 heterocycles. The summed E-state index contributed by atoms with van der Waals surface area (Å²) in [6, 6.07) is 8.63. The molecule has 0 saturated carbocycles. The van der Waals surface area contributed by atoms with Crippen LogP contribution in [0.4, 0.5) is 4.39 Å². The SMILES string of the molecule is CC(C)(C)C[C@@H]1N[C@@H](C(=O)OC(C)(C)C)[C@@H](c2cccc(Cl)c2Cl)[C@@]1(CN)c1ccc(Cl)cc1F. The number of halogens is 4. The van der Waals surface area contributed by atoms with Gasteiger partial charge in [0.25, 0.3) is 0 Å². The van der Waals surface area contributed by atoms with Crippen LogP contribution in [-0.2, 0) is 14.9 Å². The highest BCUT2D eigenvalue weighted by Gasteiger charge is 2.60. The molecule has 0 spiro atoms. The first kappa shape index (κ1) is 28.2. The van der Waals surface area contributed by atoms with E-state index in [1.165, 1.54) is 6.07 Å². The van der Waals surface area contributed by atoms with Crippen LogP contribution in [0.2, 0.25) is 15.1 Å². The van der Waals surface area contributed by atoms with Crippen LogP contribution >= 0.6 is 34.8 Å². The fraction of sp³-hybridized carbons (Fsp3) is 0.519. The lowest BCUT2D eigenvalue weighted by Crippen LogP contribution is -2.50. The summed E-state index contributed by atoms with van der Waals surface area (Å²) in [5.41, 5.74) is 5.61. The highest BCUT2D eigenvalue weighted by Crippen LogP contribution is 2.53. The van der Waals surface area contributed by atoms with E-state index >= 15 is 4.39 Å². The molecule has 35 heavy (non-hydrogen) atoms. The number of esters is 1. The fourth-order valence-electron chi connectivity index (χ4n) is 5.22. The van der Waals surface area contributed by atoms with E-state index in [1.807, 2.05) is 26.8 Å². The largest absolute Gasteiger partial charge is 0.459 e. The smallest absolute Gasteiger partial charge is 0.324 e. The second-order valence-electron chi connectivity index (χ2n) is 11.5. The Bertz CT molecular complexity index is 1100. The van der Waals surface area contributed by atoms with Gasteiger partial charge in [0.1, 0.15) is 17.5 Å². The van der Waals surface area contributed by atoms with E-state index in [1.54, 1.807) is 24.3 Å². The molecule has 0 amide bonds. The third-order valence-electron chi connectivity index (χ3n) is 6.45. The molecule has 3 rings (SSSR count). The number of carbonyl (C=O) groups is 1. The second-order valence-corrected chi connectivity index (χ2v) is 12.7. The maximum atomic E-state index is 15.7. The van der Waals surface area contributed by atoms with E-state index in [2.05, 4.69) is 26.1 Å². The maximum Gasteiger partial charge on any atom is 0.324 e. The van der Waals surface area contributed by atoms with Gasteiger partial charge in [-0.15, -0.1) is 0 Å². The quantitative estimate of drug-likeness (QED) is 0.403. The summed E-state index contributed by atoms with van der Waals surface area (Å²) >= 11 is 19.2. The van der Waals surface area contributed by atoms with Crippen molar-refractivity contribution >= 4 is 40.8 Å². The summed E-state index contributed by atoms with van der Waals surface area (Å²) in [6.45, 7) is 11.8. The first-order valence-corrected chi connectivity index (χ1v) is 12.8. The molecule has 3 N–H and O–H groups in total. The van der Waals surface area contributed by atoms with Crippen molar-refractivity contribution in [2.75, 3.05) is 6.54 Å². The zero-order valence-corrected chi connectivity index (χ0v) is 23.3. The number of hydrogen-bond acceptors (Lipinski definition) is 4. The van der Waals surface area contributed by atoms with Gasteiger partial charge in [-0.1, -0.05) is 73.8 Å². The van der Waals surface area contributed by atoms with Crippen molar-refractivity contribution in [3.8, 4) is 0 Å². The van der Waals surface area contributed by atoms with Crippen LogP contribution in [0.5, 0.6) is 0 Å². The first-order chi connectivity index (χ1) is 16.1. The molecule has 0 aliphatic carbocycles. The summed E-state index contributed by atoms with van der Waals surface area (Å²) in [4.78, 5) is 13.6. The highest BCUT2D eigenvalue weighted by atomic mass is 35.5. The molecule has 0 aromatic heterocycles. The summed E-state index contributed by atoms with van der Waals surface area (Å²) in [5, 5.41) is 4.41. The van der Waals surface area contributed by atoms with Crippen molar-refractivity contribution < 1.29 is 13.9 Å². The number of rotatable bonds is 5. The van der Waals surface area contributed by atoms with E-state index in [0.717, 1.165) is 0 Å². The molecule has 2 aromatic rings. The van der Waals surface area contributed by atoms with Gasteiger partial charge in [-0.3, -0.25) is 4.79 Å². The molecule has 192 valence electrons. The zero-order valence-electron chi connectivity index (χ0n) is 21.0. The minimum absolute atomic E-state index is 0.0477. The monoisotopic (exact) mass is 542 g/mol. The van der Waals surface area contributed by atoms with Crippen molar-refractivity contribution in [1.29, 1.82) is 0 Å². The average Bonchev–Trinajstić information content (AvgIpc) is 3.02. The molecule has 2 aromatic carbocycles. The van der Waals surface area contributed by atoms with Gasteiger partial charge < -0.3 is 15.8 Å². The van der Waals surface area contributed by atoms with Gasteiger partial charge >= 0.3 is 5.97 Å². The summed E-state index contributed by atoms with van der Waals surface area (Å²) in [7, 11) is 0. The molecule has 8 heteroatoms. The predicted molar refractivity (Wildman–Crippen MR) is 142 cm³/mol. The summed E-state index contributed by atoms with van der Waals surface area (Å²) < 4.78 is 21.5. The highest BCUT2D eigenvalue weighted by molar-refractivity contribution is 6.42. The van der Waals surface area contributed by atoms with Crippen LogP contribution in [0.3, 0.4) is 0 Å². The van der Waals surface area contributed by atoms with Gasteiger partial charge in [0.2, 0.25) is 0 Å². The van der Waals surface area contributed by atoms with Crippen LogP contribution in [0, 0.1) is 11.2 Å². The van der Waals surface area contributed by atoms with Gasteiger partial charge in [0.05, 0.1) is 10.0 Å². The molecular weight excluding hydrogens is 510 g/mol. The van der Waals surface area contributed by atoms with Crippen molar-refractivity contribution in [3.05, 3.63) is 68.4 Å². The first-order valence-electron chi connectivity index (χ1n) is 11.7. The molecule has 4 nitrogen and oxygen atoms in total. The topological polar surface area (TPSA) is 64.3 Å². The lowest BCUT2D eigenvalue weighted by Gasteiger charge is -2.42. The van der Waals surface area contributed by atoms with Crippen LogP contribution in [-0.4, -0.2) is 30.2 Å². The van der Waals surface area contributed by atoms with E-state index in [4.69, 9.17) is 45.3 Å². The Kier molecular flexibility index (Phi) is 8.20. The van der Waals surface area contributed by atoms with Gasteiger partial charge in [0, 0.05) is 28.9 Å². The molecule has 0 radical (unpaired) electrons. The summed E-state index contributed by atoms with van der Waals surface area (Å²) in [6.07, 6.45) is 0.611. The number of nitrogens with one attached hydrogen (secondary N) is 1. The lowest BCUT2D eigenvalue weighted by molar-refractivity contribution is -0.157. The normalized spacial score (nSPS) is 25.1. The van der Waals surface area contributed by atoms with Crippen LogP contribution < -0.4 is 11.1 Å². The Morgan fingerprint density at radius 3 is 2.31 bits per heavy atom. The standard InChI is InChI=1S/C27H34Cl3FN2O2/c1-25(2,3)13-20-27(14-32,17-11-10-15(28)12-19(17)31)21(16-8-7-9-18(29)22(16)30)23(33-20)24(34)35-26(4,5)6/h7-12,20-21,23,33H,13-14,32H2,1-6H3/t20-,21+,23+,27-/m0/s1. The average molecular weight is 544 g/mol. The number of benzene rings is 2. The van der Waals surface area contributed by atoms with Gasteiger partial charge in [-0.2, -0.15) is 0 Å². The summed E-state index contributed by atoms with van der Waals surface area (Å²) in [5.74, 6) is -1.60. The Balaban J connectivity index is 2.35. The number of nitrogens with two attached hydrogens (primary N) is 1. The van der Waals surface area contributed by atoms with E-state index in [-0.39, 0.29) is 23.0 Å². The van der Waals surface area contributed by atoms with E-state index < -0.39 is 34.8 Å².